The van der Waals surface area contributed by atoms with Crippen LogP contribution in [0.2, 0.25) is 0 Å². The van der Waals surface area contributed by atoms with Crippen molar-refractivity contribution in [2.75, 3.05) is 14.1 Å². The number of fused-ring (bicyclic) bond motifs is 2. The summed E-state index contributed by atoms with van der Waals surface area (Å²) < 4.78 is 24.5. The van der Waals surface area contributed by atoms with Crippen molar-refractivity contribution in [1.29, 1.82) is 0 Å². The Morgan fingerprint density at radius 1 is 0.617 bits per heavy atom. The lowest BCUT2D eigenvalue weighted by atomic mass is 9.80. The van der Waals surface area contributed by atoms with E-state index in [1.165, 1.54) is 12.2 Å². The van der Waals surface area contributed by atoms with E-state index in [0.29, 0.717) is 68.4 Å². The highest BCUT2D eigenvalue weighted by atomic mass is 16.7. The number of likely N-dealkylation sites (N-methyl/N-ethyl adjacent to an activating group) is 1. The van der Waals surface area contributed by atoms with Gasteiger partial charge in [0.05, 0.1) is 116 Å². The number of cyclic esters (lactones) is 1. The van der Waals surface area contributed by atoms with E-state index in [1.54, 1.807) is 92.6 Å². The van der Waals surface area contributed by atoms with Gasteiger partial charge >= 0.3 is 5.97 Å². The predicted octanol–water partition coefficient (Wildman–Crippen LogP) is 5.14. The molecule has 22 heteroatoms. The van der Waals surface area contributed by atoms with Crippen LogP contribution in [0.25, 0.3) is 0 Å². The highest BCUT2D eigenvalue weighted by molar-refractivity contribution is 5.71. The van der Waals surface area contributed by atoms with Gasteiger partial charge in [0.1, 0.15) is 12.2 Å². The maximum Gasteiger partial charge on any atom is 0.311 e. The number of allylic oxidation sites excluding steroid dienone is 2. The van der Waals surface area contributed by atoms with Crippen molar-refractivity contribution in [2.24, 2.45) is 41.4 Å². The van der Waals surface area contributed by atoms with Gasteiger partial charge in [-0.3, -0.25) is 4.79 Å². The molecule has 28 unspecified atom stereocenters. The van der Waals surface area contributed by atoms with Gasteiger partial charge in [-0.15, -0.1) is 0 Å². The third kappa shape index (κ3) is 29.4. The Kier molecular flexibility index (Phi) is 39.0. The van der Waals surface area contributed by atoms with Crippen LogP contribution in [0.3, 0.4) is 0 Å². The van der Waals surface area contributed by atoms with Gasteiger partial charge in [0.15, 0.2) is 12.1 Å². The molecule has 0 aromatic heterocycles. The minimum Gasteiger partial charge on any atom is -0.458 e. The molecule has 94 heavy (non-hydrogen) atoms. The fraction of sp³-hybridized carbons (Fsp3) is 0.875. The number of carbonyl (C=O) groups is 1. The van der Waals surface area contributed by atoms with Crippen LogP contribution >= 0.6 is 0 Å². The Labute approximate surface area is 562 Å². The molecule has 3 aliphatic heterocycles. The van der Waals surface area contributed by atoms with Crippen LogP contribution in [-0.2, 0) is 23.7 Å². The van der Waals surface area contributed by atoms with Gasteiger partial charge in [-0.2, -0.15) is 0 Å². The van der Waals surface area contributed by atoms with Crippen molar-refractivity contribution in [3.05, 3.63) is 47.6 Å². The average molecular weight is 1350 g/mol. The molecule has 3 heterocycles. The number of hydrogen-bond acceptors (Lipinski definition) is 22. The normalized spacial score (nSPS) is 42.5. The van der Waals surface area contributed by atoms with Gasteiger partial charge in [0.2, 0.25) is 0 Å². The maximum atomic E-state index is 13.7. The zero-order valence-corrected chi connectivity index (χ0v) is 59.1. The average Bonchev–Trinajstić information content (AvgIpc) is 0.771. The molecule has 0 aromatic carbocycles. The van der Waals surface area contributed by atoms with Crippen molar-refractivity contribution in [3.63, 3.8) is 0 Å². The molecule has 0 aromatic rings. The van der Waals surface area contributed by atoms with E-state index in [9.17, 15) is 86.5 Å². The molecule has 3 rings (SSSR count). The second-order valence-corrected chi connectivity index (χ2v) is 29.5. The summed E-state index contributed by atoms with van der Waals surface area (Å²) in [6, 6.07) is -0.776. The third-order valence-electron chi connectivity index (χ3n) is 20.5. The second kappa shape index (κ2) is 42.7. The standard InChI is InChI=1S/C72H131NO21/c1-41(2)20-16-22-51-34-44(5)63(85)37-54(76)25-18-28-58(80)46(7)57(79)26-15-14-21-43(4)68(87)48(9)64-39-65(93-71-70(89)67(73(12)13)69(88)50(11)92-71)49(10)72(90,94-64)40-66(86)91-45(6)31-32-55(77)35-52(74)23-17-27-59(81)47(8)60(82)33-30-42(3)62(84)38-56(78)36-53(75)24-19-29-61(51)83/h14-15,21,31-32,34,41-42,45-65,67-71,74-85,87-90H,16-20,22-30,33,35-40H2,1-13H3. The molecule has 0 amide bonds. The van der Waals surface area contributed by atoms with E-state index in [-0.39, 0.29) is 76.0 Å². The predicted molar refractivity (Wildman–Crippen MR) is 359 cm³/mol. The number of rotatable bonds is 7. The van der Waals surface area contributed by atoms with Gasteiger partial charge in [-0.25, -0.2) is 0 Å². The van der Waals surface area contributed by atoms with E-state index < -0.39 is 170 Å². The first-order valence-electron chi connectivity index (χ1n) is 35.4. The molecule has 3 aliphatic rings. The van der Waals surface area contributed by atoms with Gasteiger partial charge in [0.25, 0.3) is 0 Å². The lowest BCUT2D eigenvalue weighted by Gasteiger charge is -2.50. The van der Waals surface area contributed by atoms with Crippen LogP contribution < -0.4 is 0 Å². The number of nitrogens with zero attached hydrogens (tertiary/aromatic N) is 1. The van der Waals surface area contributed by atoms with E-state index in [4.69, 9.17) is 18.9 Å². The molecule has 22 nitrogen and oxygen atoms in total. The summed E-state index contributed by atoms with van der Waals surface area (Å²) in [5.41, 5.74) is 1.12. The van der Waals surface area contributed by atoms with Crippen LogP contribution in [-0.4, -0.2) is 241 Å². The largest absolute Gasteiger partial charge is 0.458 e. The summed E-state index contributed by atoms with van der Waals surface area (Å²) in [6.45, 7) is 19.5. The fourth-order valence-electron chi connectivity index (χ4n) is 13.4. The molecule has 0 radical (unpaired) electrons. The SMILES string of the molecule is CC1=CC(CCCC(C)C)C(O)CCCC(O)CC(O)CC(O)C(C)CCC(O)C(C)C(O)CCCC(O)CC(O)C=CC(C)OC(=O)CC2(O)OC(CC(OC3OC(C)C(O)C(N(C)C)C3O)C2C)C(C)C(O)C(C)=CC=CCC(O)C(C)C(O)CCCC(O)CC1O. The molecule has 2 fully saturated rings. The fourth-order valence-corrected chi connectivity index (χ4v) is 13.4. The zero-order chi connectivity index (χ0) is 70.9. The minimum atomic E-state index is -2.25. The topological polar surface area (TPSA) is 381 Å². The number of aliphatic hydroxyl groups excluding tert-OH is 15. The minimum absolute atomic E-state index is 0.0115. The van der Waals surface area contributed by atoms with E-state index in [0.717, 1.165) is 12.8 Å². The number of hydrogen-bond donors (Lipinski definition) is 16. The van der Waals surface area contributed by atoms with Crippen molar-refractivity contribution in [3.8, 4) is 0 Å². The van der Waals surface area contributed by atoms with Gasteiger partial charge in [-0.1, -0.05) is 91.7 Å². The van der Waals surface area contributed by atoms with Crippen LogP contribution in [0.4, 0.5) is 0 Å². The van der Waals surface area contributed by atoms with Gasteiger partial charge < -0.3 is 106 Å². The summed E-state index contributed by atoms with van der Waals surface area (Å²) in [5, 5.41) is 179. The Morgan fingerprint density at radius 2 is 1.18 bits per heavy atom. The zero-order valence-electron chi connectivity index (χ0n) is 59.1. The lowest BCUT2D eigenvalue weighted by Crippen LogP contribution is -2.64. The summed E-state index contributed by atoms with van der Waals surface area (Å²) >= 11 is 0. The Bertz CT molecular complexity index is 2220. The van der Waals surface area contributed by atoms with Crippen molar-refractivity contribution in [1.82, 2.24) is 4.90 Å². The molecule has 16 N–H and O–H groups in total. The van der Waals surface area contributed by atoms with Gasteiger partial charge in [0, 0.05) is 48.9 Å². The summed E-state index contributed by atoms with van der Waals surface area (Å²) in [5.74, 6) is -6.04. The Hall–Kier alpha value is -2.37. The van der Waals surface area contributed by atoms with Crippen LogP contribution in [0, 0.1) is 41.4 Å². The van der Waals surface area contributed by atoms with E-state index in [2.05, 4.69) is 13.8 Å². The summed E-state index contributed by atoms with van der Waals surface area (Å²) in [4.78, 5) is 15.4. The van der Waals surface area contributed by atoms with E-state index >= 15 is 0 Å². The quantitative estimate of drug-likeness (QED) is 0.116. The third-order valence-corrected chi connectivity index (χ3v) is 20.5. The van der Waals surface area contributed by atoms with Crippen molar-refractivity contribution < 1.29 is 105 Å². The van der Waals surface area contributed by atoms with Crippen LogP contribution in [0.15, 0.2) is 47.6 Å². The number of carbonyl (C=O) groups excluding carboxylic acids is 1. The van der Waals surface area contributed by atoms with Crippen molar-refractivity contribution in [2.45, 2.75) is 345 Å². The molecular weight excluding hydrogens is 1210 g/mol. The molecule has 0 spiro atoms. The summed E-state index contributed by atoms with van der Waals surface area (Å²) in [7, 11) is 3.41. The van der Waals surface area contributed by atoms with Crippen LogP contribution in [0.1, 0.15) is 211 Å². The maximum absolute atomic E-state index is 13.7. The molecule has 0 saturated carbocycles. The Morgan fingerprint density at radius 3 is 1.78 bits per heavy atom. The monoisotopic (exact) mass is 1350 g/mol. The molecule has 2 saturated heterocycles. The first-order chi connectivity index (χ1) is 44.0. The molecule has 28 atom stereocenters. The number of aliphatic hydroxyl groups is 16. The molecule has 0 aliphatic carbocycles. The number of esters is 1. The lowest BCUT2D eigenvalue weighted by molar-refractivity contribution is -0.351. The van der Waals surface area contributed by atoms with Gasteiger partial charge in [-0.05, 0) is 167 Å². The smallest absolute Gasteiger partial charge is 0.311 e. The Balaban J connectivity index is 1.84. The molecule has 2 bridgehead atoms. The molecule has 550 valence electrons. The highest BCUT2D eigenvalue weighted by Gasteiger charge is 2.53. The first-order valence-corrected chi connectivity index (χ1v) is 35.4. The first kappa shape index (κ1) is 85.9. The second-order valence-electron chi connectivity index (χ2n) is 29.5. The summed E-state index contributed by atoms with van der Waals surface area (Å²) in [6.07, 6.45) is -4.09. The highest BCUT2D eigenvalue weighted by Crippen LogP contribution is 2.42. The number of ether oxygens (including phenoxy) is 4. The van der Waals surface area contributed by atoms with Crippen LogP contribution in [0.5, 0.6) is 0 Å². The van der Waals surface area contributed by atoms with Crippen molar-refractivity contribution >= 4 is 5.97 Å². The molecular formula is C72H131NO21. The van der Waals surface area contributed by atoms with E-state index in [1.807, 2.05) is 13.0 Å².